The Morgan fingerprint density at radius 2 is 2.40 bits per heavy atom. The van der Waals surface area contributed by atoms with Crippen LogP contribution >= 0.6 is 0 Å². The van der Waals surface area contributed by atoms with Crippen molar-refractivity contribution >= 4 is 0 Å². The molecule has 0 saturated carbocycles. The van der Waals surface area contributed by atoms with Gasteiger partial charge in [-0.05, 0) is 19.9 Å². The molecule has 0 amide bonds. The molecule has 1 aromatic rings. The lowest BCUT2D eigenvalue weighted by Crippen LogP contribution is -2.15. The molecule has 0 bridgehead atoms. The summed E-state index contributed by atoms with van der Waals surface area (Å²) in [7, 11) is 1.72. The summed E-state index contributed by atoms with van der Waals surface area (Å²) < 4.78 is 7.11. The van der Waals surface area contributed by atoms with Crippen molar-refractivity contribution in [3.63, 3.8) is 0 Å². The first-order chi connectivity index (χ1) is 7.26. The van der Waals surface area contributed by atoms with E-state index in [2.05, 4.69) is 23.5 Å². The first-order valence-corrected chi connectivity index (χ1v) is 5.51. The van der Waals surface area contributed by atoms with Crippen LogP contribution in [0.2, 0.25) is 0 Å². The van der Waals surface area contributed by atoms with Gasteiger partial charge in [0.1, 0.15) is 0 Å². The Kier molecular flexibility index (Phi) is 5.36. The smallest absolute Gasteiger partial charge is 0.0739 e. The van der Waals surface area contributed by atoms with Crippen molar-refractivity contribution in [3.8, 4) is 0 Å². The van der Waals surface area contributed by atoms with E-state index in [4.69, 9.17) is 4.74 Å². The minimum atomic E-state index is 0.210. The highest BCUT2D eigenvalue weighted by Gasteiger charge is 2.02. The molecule has 4 heteroatoms. The zero-order chi connectivity index (χ0) is 11.1. The Morgan fingerprint density at radius 1 is 1.60 bits per heavy atom. The van der Waals surface area contributed by atoms with Crippen LogP contribution in [0.1, 0.15) is 25.8 Å². The molecule has 1 aromatic heterocycles. The molecule has 15 heavy (non-hydrogen) atoms. The number of hydrogen-bond donors (Lipinski definition) is 1. The van der Waals surface area contributed by atoms with Crippen LogP contribution in [0, 0.1) is 0 Å². The molecule has 86 valence electrons. The maximum Gasteiger partial charge on any atom is 0.0739 e. The monoisotopic (exact) mass is 211 g/mol. The summed E-state index contributed by atoms with van der Waals surface area (Å²) in [6.45, 7) is 6.96. The van der Waals surface area contributed by atoms with Crippen molar-refractivity contribution in [2.24, 2.45) is 0 Å². The molecule has 0 radical (unpaired) electrons. The minimum Gasteiger partial charge on any atom is -0.380 e. The molecule has 1 atom stereocenters. The van der Waals surface area contributed by atoms with Crippen molar-refractivity contribution in [2.75, 3.05) is 13.7 Å². The minimum absolute atomic E-state index is 0.210. The molecule has 0 saturated heterocycles. The van der Waals surface area contributed by atoms with E-state index in [9.17, 15) is 0 Å². The van der Waals surface area contributed by atoms with Gasteiger partial charge in [-0.1, -0.05) is 6.92 Å². The molecule has 0 aliphatic rings. The zero-order valence-corrected chi connectivity index (χ0v) is 9.86. The molecule has 1 N–H and O–H groups in total. The fourth-order valence-electron chi connectivity index (χ4n) is 1.34. The van der Waals surface area contributed by atoms with E-state index in [1.165, 1.54) is 5.56 Å². The lowest BCUT2D eigenvalue weighted by Gasteiger charge is -2.08. The maximum absolute atomic E-state index is 5.19. The predicted octanol–water partition coefficient (Wildman–Crippen LogP) is 1.42. The van der Waals surface area contributed by atoms with E-state index in [1.54, 1.807) is 7.11 Å². The number of hydrogen-bond acceptors (Lipinski definition) is 3. The largest absolute Gasteiger partial charge is 0.380 e. The molecule has 1 rings (SSSR count). The van der Waals surface area contributed by atoms with Crippen molar-refractivity contribution in [2.45, 2.75) is 39.5 Å². The Balaban J connectivity index is 2.35. The van der Waals surface area contributed by atoms with Gasteiger partial charge in [0, 0.05) is 25.4 Å². The summed E-state index contributed by atoms with van der Waals surface area (Å²) in [5.74, 6) is 0. The van der Waals surface area contributed by atoms with Gasteiger partial charge in [0.2, 0.25) is 0 Å². The Hall–Kier alpha value is -0.870. The molecular weight excluding hydrogens is 190 g/mol. The molecule has 0 aliphatic carbocycles. The van der Waals surface area contributed by atoms with Gasteiger partial charge in [0.05, 0.1) is 18.8 Å². The van der Waals surface area contributed by atoms with Crippen molar-refractivity contribution in [3.05, 3.63) is 18.0 Å². The van der Waals surface area contributed by atoms with Crippen molar-refractivity contribution in [1.29, 1.82) is 0 Å². The Morgan fingerprint density at radius 3 is 3.07 bits per heavy atom. The van der Waals surface area contributed by atoms with Crippen molar-refractivity contribution < 1.29 is 4.74 Å². The second-order valence-corrected chi connectivity index (χ2v) is 3.79. The van der Waals surface area contributed by atoms with Crippen LogP contribution in [0.3, 0.4) is 0 Å². The van der Waals surface area contributed by atoms with E-state index in [1.807, 2.05) is 17.8 Å². The van der Waals surface area contributed by atoms with Gasteiger partial charge in [0.25, 0.3) is 0 Å². The fraction of sp³-hybridized carbons (Fsp3) is 0.727. The van der Waals surface area contributed by atoms with E-state index >= 15 is 0 Å². The highest BCUT2D eigenvalue weighted by Crippen LogP contribution is 2.00. The Labute approximate surface area is 91.6 Å². The second kappa shape index (κ2) is 6.58. The lowest BCUT2D eigenvalue weighted by molar-refractivity contribution is 0.0998. The summed E-state index contributed by atoms with van der Waals surface area (Å²) in [6.07, 6.45) is 5.35. The number of nitrogens with one attached hydrogen (secondary N) is 1. The summed E-state index contributed by atoms with van der Waals surface area (Å²) in [5.41, 5.74) is 1.23. The second-order valence-electron chi connectivity index (χ2n) is 3.79. The summed E-state index contributed by atoms with van der Waals surface area (Å²) >= 11 is 0. The first-order valence-electron chi connectivity index (χ1n) is 5.51. The highest BCUT2D eigenvalue weighted by atomic mass is 16.5. The highest BCUT2D eigenvalue weighted by molar-refractivity contribution is 5.03. The molecule has 0 aromatic carbocycles. The third kappa shape index (κ3) is 4.44. The van der Waals surface area contributed by atoms with Crippen LogP contribution in [0.5, 0.6) is 0 Å². The number of aromatic nitrogens is 2. The van der Waals surface area contributed by atoms with Gasteiger partial charge < -0.3 is 10.1 Å². The number of nitrogens with zero attached hydrogens (tertiary/aromatic N) is 2. The molecule has 1 heterocycles. The van der Waals surface area contributed by atoms with Gasteiger partial charge in [-0.15, -0.1) is 0 Å². The van der Waals surface area contributed by atoms with Gasteiger partial charge in [-0.2, -0.15) is 5.10 Å². The van der Waals surface area contributed by atoms with Gasteiger partial charge in [0.15, 0.2) is 0 Å². The molecule has 4 nitrogen and oxygen atoms in total. The van der Waals surface area contributed by atoms with Gasteiger partial charge in [-0.3, -0.25) is 4.68 Å². The number of rotatable bonds is 7. The average molecular weight is 211 g/mol. The predicted molar refractivity (Wildman–Crippen MR) is 60.7 cm³/mol. The zero-order valence-electron chi connectivity index (χ0n) is 9.86. The van der Waals surface area contributed by atoms with E-state index < -0.39 is 0 Å². The summed E-state index contributed by atoms with van der Waals surface area (Å²) in [6, 6.07) is 0. The van der Waals surface area contributed by atoms with Gasteiger partial charge in [-0.25, -0.2) is 0 Å². The average Bonchev–Trinajstić information content (AvgIpc) is 2.66. The van der Waals surface area contributed by atoms with Crippen LogP contribution in [-0.2, 0) is 17.8 Å². The lowest BCUT2D eigenvalue weighted by atomic mass is 10.3. The number of methoxy groups -OCH3 is 1. The quantitative estimate of drug-likeness (QED) is 0.693. The van der Waals surface area contributed by atoms with Crippen LogP contribution < -0.4 is 5.32 Å². The summed E-state index contributed by atoms with van der Waals surface area (Å²) in [4.78, 5) is 0. The third-order valence-corrected chi connectivity index (χ3v) is 2.29. The molecule has 0 spiro atoms. The maximum atomic E-state index is 5.19. The van der Waals surface area contributed by atoms with Crippen LogP contribution in [0.4, 0.5) is 0 Å². The van der Waals surface area contributed by atoms with Crippen LogP contribution in [-0.4, -0.2) is 29.5 Å². The topological polar surface area (TPSA) is 39.1 Å². The van der Waals surface area contributed by atoms with Gasteiger partial charge >= 0.3 is 0 Å². The van der Waals surface area contributed by atoms with E-state index in [0.29, 0.717) is 0 Å². The molecule has 1 unspecified atom stereocenters. The first kappa shape index (κ1) is 12.2. The standard InChI is InChI=1S/C11H21N3O/c1-4-5-12-6-11-7-13-14(9-11)8-10(2)15-3/h7,9-10,12H,4-6,8H2,1-3H3. The van der Waals surface area contributed by atoms with Crippen LogP contribution in [0.15, 0.2) is 12.4 Å². The number of ether oxygens (including phenoxy) is 1. The molecule has 0 aliphatic heterocycles. The Bertz CT molecular complexity index is 273. The van der Waals surface area contributed by atoms with Crippen molar-refractivity contribution in [1.82, 2.24) is 15.1 Å². The normalized spacial score (nSPS) is 13.0. The van der Waals surface area contributed by atoms with Crippen LogP contribution in [0.25, 0.3) is 0 Å². The SMILES string of the molecule is CCCNCc1cnn(CC(C)OC)c1. The van der Waals surface area contributed by atoms with E-state index in [0.717, 1.165) is 26.1 Å². The molecule has 0 fully saturated rings. The summed E-state index contributed by atoms with van der Waals surface area (Å²) in [5, 5.41) is 7.63. The third-order valence-electron chi connectivity index (χ3n) is 2.29. The molecular formula is C11H21N3O. The van der Waals surface area contributed by atoms with E-state index in [-0.39, 0.29) is 6.10 Å². The fourth-order valence-corrected chi connectivity index (χ4v) is 1.34.